The second kappa shape index (κ2) is 66.1. The van der Waals surface area contributed by atoms with E-state index in [0.29, 0.717) is 12.8 Å². The summed E-state index contributed by atoms with van der Waals surface area (Å²) in [5.74, 6) is -1.21. The maximum Gasteiger partial charge on any atom is 0.306 e. The summed E-state index contributed by atoms with van der Waals surface area (Å²) in [5, 5.41) is 57.3. The van der Waals surface area contributed by atoms with Gasteiger partial charge in [-0.2, -0.15) is 0 Å². The third kappa shape index (κ3) is 53.1. The van der Waals surface area contributed by atoms with Gasteiger partial charge in [0.25, 0.3) is 0 Å². The lowest BCUT2D eigenvalue weighted by Crippen LogP contribution is -2.61. The number of hydrogen-bond donors (Lipinski definition) is 6. The monoisotopic (exact) mass is 1270 g/mol. The lowest BCUT2D eigenvalue weighted by Gasteiger charge is -2.41. The van der Waals surface area contributed by atoms with Crippen molar-refractivity contribution in [1.82, 2.24) is 5.32 Å². The first kappa shape index (κ1) is 85.1. The van der Waals surface area contributed by atoms with E-state index in [1.165, 1.54) is 135 Å². The molecule has 1 saturated heterocycles. The minimum absolute atomic E-state index is 0.114. The molecule has 1 fully saturated rings. The second-order valence-electron chi connectivity index (χ2n) is 25.3. The molecule has 11 nitrogen and oxygen atoms in total. The number of nitrogens with one attached hydrogen (secondary N) is 1. The topological polar surface area (TPSA) is 175 Å². The molecule has 1 heterocycles. The van der Waals surface area contributed by atoms with E-state index in [-0.39, 0.29) is 19.4 Å². The van der Waals surface area contributed by atoms with Crippen molar-refractivity contribution in [3.8, 4) is 0 Å². The number of ether oxygens (including phenoxy) is 3. The molecule has 0 saturated carbocycles. The highest BCUT2D eigenvalue weighted by Gasteiger charge is 2.47. The van der Waals surface area contributed by atoms with Gasteiger partial charge in [0.2, 0.25) is 5.91 Å². The molecule has 1 rings (SSSR count). The predicted octanol–water partition coefficient (Wildman–Crippen LogP) is 19.7. The summed E-state index contributed by atoms with van der Waals surface area (Å²) >= 11 is 0. The summed E-state index contributed by atoms with van der Waals surface area (Å²) in [7, 11) is 0. The Balaban J connectivity index is 2.53. The Labute approximate surface area is 557 Å². The Morgan fingerprint density at radius 1 is 0.440 bits per heavy atom. The van der Waals surface area contributed by atoms with Gasteiger partial charge in [-0.15, -0.1) is 0 Å². The Morgan fingerprint density at radius 3 is 1.21 bits per heavy atom. The highest BCUT2D eigenvalue weighted by Crippen LogP contribution is 2.26. The zero-order chi connectivity index (χ0) is 66.0. The molecular weight excluding hydrogens is 1130 g/mol. The summed E-state index contributed by atoms with van der Waals surface area (Å²) in [6.45, 7) is 5.66. The van der Waals surface area contributed by atoms with Gasteiger partial charge in [-0.1, -0.05) is 309 Å². The first-order valence-electron chi connectivity index (χ1n) is 37.3. The molecule has 0 aromatic rings. The maximum atomic E-state index is 13.5. The van der Waals surface area contributed by atoms with Crippen molar-refractivity contribution in [1.29, 1.82) is 0 Å². The summed E-state index contributed by atoms with van der Waals surface area (Å²) in [4.78, 5) is 26.7. The molecule has 0 aromatic carbocycles. The van der Waals surface area contributed by atoms with Crippen LogP contribution in [-0.4, -0.2) is 99.6 Å². The predicted molar refractivity (Wildman–Crippen MR) is 384 cm³/mol. The van der Waals surface area contributed by atoms with Crippen LogP contribution in [0.1, 0.15) is 310 Å². The number of amides is 1. The fourth-order valence-corrected chi connectivity index (χ4v) is 11.0. The van der Waals surface area contributed by atoms with Crippen molar-refractivity contribution in [2.24, 2.45) is 0 Å². The van der Waals surface area contributed by atoms with E-state index >= 15 is 0 Å². The number of allylic oxidation sites excluding steroid dienone is 19. The molecule has 0 aliphatic carbocycles. The van der Waals surface area contributed by atoms with Gasteiger partial charge in [-0.3, -0.25) is 9.59 Å². The molecule has 11 heteroatoms. The lowest BCUT2D eigenvalue weighted by atomic mass is 9.99. The van der Waals surface area contributed by atoms with Crippen LogP contribution in [-0.2, 0) is 23.8 Å². The molecular formula is C80H137NO10. The molecule has 8 unspecified atom stereocenters. The number of aliphatic hydroxyl groups excluding tert-OH is 5. The van der Waals surface area contributed by atoms with Gasteiger partial charge in [-0.25, -0.2) is 0 Å². The van der Waals surface area contributed by atoms with Gasteiger partial charge in [0.05, 0.1) is 25.4 Å². The molecule has 1 amide bonds. The smallest absolute Gasteiger partial charge is 0.306 e. The molecule has 0 radical (unpaired) electrons. The van der Waals surface area contributed by atoms with Crippen LogP contribution in [0.5, 0.6) is 0 Å². The second-order valence-corrected chi connectivity index (χ2v) is 25.3. The van der Waals surface area contributed by atoms with Gasteiger partial charge in [0.1, 0.15) is 24.4 Å². The van der Waals surface area contributed by atoms with E-state index in [2.05, 4.69) is 135 Å². The third-order valence-corrected chi connectivity index (χ3v) is 16.8. The van der Waals surface area contributed by atoms with Gasteiger partial charge in [-0.05, 0) is 116 Å². The van der Waals surface area contributed by atoms with Gasteiger partial charge in [0.15, 0.2) is 12.4 Å². The number of rotatable bonds is 63. The Morgan fingerprint density at radius 2 is 0.791 bits per heavy atom. The standard InChI is InChI=1S/C80H137NO10/c1-4-7-10-13-16-19-22-24-26-28-30-32-34-36-37-38-40-42-44-46-48-50-53-56-59-62-65-68-75(85)91-78-77(87)76(86)74(69-82)90-80(78)89-70-71(72(83)66-63-60-57-54-51-21-18-15-12-9-6-3)81-79(88)73(84)67-64-61-58-55-52-49-47-45-43-41-39-35-33-31-29-27-25-23-20-17-14-11-8-5-2/h8,11,16-17,19-20,24-27,30-33,36-37,39,41,63,66,71-74,76-78,80,82-84,86-87H,4-7,9-10,12-15,18,21-23,28-29,34-35,38,40,42-62,64-65,67-70H2,1-3H3,(H,81,88)/b11-8-,19-16-,20-17-,26-24-,27-25-,32-30-,33-31-,37-36-,41-39-,66-63+. The summed E-state index contributed by atoms with van der Waals surface area (Å²) in [5.41, 5.74) is 0. The van der Waals surface area contributed by atoms with E-state index in [4.69, 9.17) is 14.2 Å². The van der Waals surface area contributed by atoms with E-state index in [9.17, 15) is 35.1 Å². The minimum Gasteiger partial charge on any atom is -0.454 e. The highest BCUT2D eigenvalue weighted by atomic mass is 16.7. The van der Waals surface area contributed by atoms with Crippen LogP contribution in [0, 0.1) is 0 Å². The van der Waals surface area contributed by atoms with Crippen molar-refractivity contribution in [3.63, 3.8) is 0 Å². The van der Waals surface area contributed by atoms with Crippen LogP contribution in [0.3, 0.4) is 0 Å². The van der Waals surface area contributed by atoms with E-state index < -0.39 is 67.4 Å². The molecule has 0 bridgehead atoms. The first-order chi connectivity index (χ1) is 44.7. The molecule has 1 aliphatic heterocycles. The van der Waals surface area contributed by atoms with Crippen LogP contribution in [0.25, 0.3) is 0 Å². The highest BCUT2D eigenvalue weighted by molar-refractivity contribution is 5.80. The van der Waals surface area contributed by atoms with Crippen molar-refractivity contribution in [3.05, 3.63) is 122 Å². The van der Waals surface area contributed by atoms with Crippen LogP contribution in [0.4, 0.5) is 0 Å². The van der Waals surface area contributed by atoms with E-state index in [0.717, 1.165) is 128 Å². The van der Waals surface area contributed by atoms with Crippen molar-refractivity contribution < 1.29 is 49.3 Å². The van der Waals surface area contributed by atoms with Crippen LogP contribution in [0.2, 0.25) is 0 Å². The molecule has 0 aromatic heterocycles. The third-order valence-electron chi connectivity index (χ3n) is 16.8. The minimum atomic E-state index is -1.62. The molecule has 522 valence electrons. The number of hydrogen-bond acceptors (Lipinski definition) is 10. The number of carbonyl (C=O) groups excluding carboxylic acids is 2. The Bertz CT molecular complexity index is 1950. The average molecular weight is 1270 g/mol. The van der Waals surface area contributed by atoms with Crippen LogP contribution in [0.15, 0.2) is 122 Å². The number of aliphatic hydroxyl groups is 5. The van der Waals surface area contributed by atoms with Crippen LogP contribution >= 0.6 is 0 Å². The number of esters is 1. The normalized spacial score (nSPS) is 18.7. The Hall–Kier alpha value is -3.94. The van der Waals surface area contributed by atoms with Crippen molar-refractivity contribution in [2.75, 3.05) is 13.2 Å². The fraction of sp³-hybridized carbons (Fsp3) is 0.725. The summed E-state index contributed by atoms with van der Waals surface area (Å²) in [6, 6.07) is -1.04. The fourth-order valence-electron chi connectivity index (χ4n) is 11.0. The first-order valence-corrected chi connectivity index (χ1v) is 37.3. The zero-order valence-corrected chi connectivity index (χ0v) is 58.2. The van der Waals surface area contributed by atoms with Crippen LogP contribution < -0.4 is 5.32 Å². The summed E-state index contributed by atoms with van der Waals surface area (Å²) < 4.78 is 17.7. The van der Waals surface area contributed by atoms with Crippen molar-refractivity contribution >= 4 is 11.9 Å². The maximum absolute atomic E-state index is 13.5. The van der Waals surface area contributed by atoms with E-state index in [1.54, 1.807) is 6.08 Å². The van der Waals surface area contributed by atoms with Gasteiger partial charge < -0.3 is 45.1 Å². The molecule has 91 heavy (non-hydrogen) atoms. The molecule has 6 N–H and O–H groups in total. The molecule has 8 atom stereocenters. The SMILES string of the molecule is CC/C=C\C/C=C\C/C=C\C/C=C\C/C=C\CCCCCCCCCCC(O)C(=O)NC(COC1OC(CO)C(O)C(O)C1OC(=O)CCCCCCCCCCCCC/C=C\C/C=C\C/C=C\C/C=C\CCCCC)C(O)/C=C/CCCCCCCCCCC. The molecule has 1 aliphatic rings. The largest absolute Gasteiger partial charge is 0.454 e. The van der Waals surface area contributed by atoms with Gasteiger partial charge >= 0.3 is 5.97 Å². The Kier molecular flexibility index (Phi) is 61.8. The zero-order valence-electron chi connectivity index (χ0n) is 58.2. The lowest BCUT2D eigenvalue weighted by molar-refractivity contribution is -0.305. The van der Waals surface area contributed by atoms with E-state index in [1.807, 2.05) is 6.08 Å². The molecule has 0 spiro atoms. The van der Waals surface area contributed by atoms with Crippen molar-refractivity contribution in [2.45, 2.75) is 359 Å². The number of unbranched alkanes of at least 4 members (excludes halogenated alkanes) is 31. The van der Waals surface area contributed by atoms with Gasteiger partial charge in [0, 0.05) is 6.42 Å². The summed E-state index contributed by atoms with van der Waals surface area (Å²) in [6.07, 6.45) is 82.4. The number of carbonyl (C=O) groups is 2. The quantitative estimate of drug-likeness (QED) is 0.0195. The average Bonchev–Trinajstić information content (AvgIpc) is 0.943.